The molecule has 4 nitrogen and oxygen atoms in total. The van der Waals surface area contributed by atoms with Crippen LogP contribution < -0.4 is 29.6 Å². The van der Waals surface area contributed by atoms with Crippen LogP contribution in [0.25, 0.3) is 21.8 Å². The standard InChI is InChI=1S/C33H49NO3S.Na/c1-3-5-7-10-18-27-20-14-22-29-30-23-15-21-28(19-11-8-6-4-2)33(30)34(32(27)29)25-24-31(38(35,36)37)26-16-12-9-13-17-26;/h14-15,20-23,26,31H,3-13,16-19,24-25H2,1-2H3,(H,35,36,37);/q;+1/p-1. The van der Waals surface area contributed by atoms with E-state index in [2.05, 4.69) is 54.8 Å². The monoisotopic (exact) mass is 561 g/mol. The van der Waals surface area contributed by atoms with Crippen LogP contribution in [0.3, 0.4) is 0 Å². The van der Waals surface area contributed by atoms with Crippen LogP contribution in [0.15, 0.2) is 36.4 Å². The molecule has 0 N–H and O–H groups in total. The summed E-state index contributed by atoms with van der Waals surface area (Å²) in [6.45, 7) is 5.07. The zero-order chi connectivity index (χ0) is 27.0. The Bertz CT molecular complexity index is 1210. The predicted octanol–water partition coefficient (Wildman–Crippen LogP) is 5.93. The zero-order valence-corrected chi connectivity index (χ0v) is 27.5. The van der Waals surface area contributed by atoms with Gasteiger partial charge in [0.15, 0.2) is 0 Å². The van der Waals surface area contributed by atoms with E-state index < -0.39 is 15.4 Å². The van der Waals surface area contributed by atoms with Gasteiger partial charge in [0.2, 0.25) is 0 Å². The van der Waals surface area contributed by atoms with Gasteiger partial charge in [0.05, 0.1) is 26.4 Å². The van der Waals surface area contributed by atoms with Crippen LogP contribution in [0, 0.1) is 5.92 Å². The van der Waals surface area contributed by atoms with Crippen molar-refractivity contribution in [1.29, 1.82) is 0 Å². The Hall–Kier alpha value is -0.850. The first-order valence-electron chi connectivity index (χ1n) is 15.4. The number of aromatic nitrogens is 1. The second-order valence-corrected chi connectivity index (χ2v) is 13.2. The fourth-order valence-electron chi connectivity index (χ4n) is 6.86. The second-order valence-electron chi connectivity index (χ2n) is 11.6. The average molecular weight is 562 g/mol. The Balaban J connectivity index is 0.00000420. The fraction of sp³-hybridized carbons (Fsp3) is 0.636. The minimum Gasteiger partial charge on any atom is -0.748 e. The molecule has 0 amide bonds. The van der Waals surface area contributed by atoms with E-state index in [1.54, 1.807) is 0 Å². The van der Waals surface area contributed by atoms with Gasteiger partial charge in [0.25, 0.3) is 0 Å². The van der Waals surface area contributed by atoms with Gasteiger partial charge in [-0.05, 0) is 62.0 Å². The van der Waals surface area contributed by atoms with Crippen molar-refractivity contribution in [2.24, 2.45) is 5.92 Å². The smallest absolute Gasteiger partial charge is 0.748 e. The number of fused-ring (bicyclic) bond motifs is 3. The Kier molecular flexibility index (Phi) is 13.4. The Morgan fingerprint density at radius 1 is 0.795 bits per heavy atom. The molecule has 210 valence electrons. The van der Waals surface area contributed by atoms with Crippen molar-refractivity contribution in [2.75, 3.05) is 0 Å². The van der Waals surface area contributed by atoms with Crippen LogP contribution in [-0.2, 0) is 29.5 Å². The maximum atomic E-state index is 12.5. The molecule has 1 aromatic heterocycles. The summed E-state index contributed by atoms with van der Waals surface area (Å²) in [5.74, 6) is 0.00127. The van der Waals surface area contributed by atoms with Gasteiger partial charge in [-0.2, -0.15) is 0 Å². The fourth-order valence-corrected chi connectivity index (χ4v) is 7.99. The van der Waals surface area contributed by atoms with Gasteiger partial charge in [-0.1, -0.05) is 108 Å². The Morgan fingerprint density at radius 3 is 1.77 bits per heavy atom. The van der Waals surface area contributed by atoms with E-state index >= 15 is 0 Å². The van der Waals surface area contributed by atoms with Gasteiger partial charge < -0.3 is 9.12 Å². The van der Waals surface area contributed by atoms with E-state index in [4.69, 9.17) is 0 Å². The number of nitrogens with zero attached hydrogens (tertiary/aromatic N) is 1. The molecule has 0 aliphatic heterocycles. The molecule has 1 unspecified atom stereocenters. The Labute approximate surface area is 259 Å². The van der Waals surface area contributed by atoms with Gasteiger partial charge in [-0.25, -0.2) is 8.42 Å². The van der Waals surface area contributed by atoms with Crippen LogP contribution in [0.4, 0.5) is 0 Å². The number of hydrogen-bond acceptors (Lipinski definition) is 3. The third kappa shape index (κ3) is 8.35. The molecule has 39 heavy (non-hydrogen) atoms. The van der Waals surface area contributed by atoms with Crippen molar-refractivity contribution in [3.05, 3.63) is 47.5 Å². The summed E-state index contributed by atoms with van der Waals surface area (Å²) in [6, 6.07) is 13.3. The first-order chi connectivity index (χ1) is 18.5. The number of aryl methyl sites for hydroxylation is 3. The number of unbranched alkanes of at least 4 members (excludes halogenated alkanes) is 6. The molecule has 0 saturated heterocycles. The molecule has 6 heteroatoms. The van der Waals surface area contributed by atoms with E-state index in [0.717, 1.165) is 57.8 Å². The summed E-state index contributed by atoms with van der Waals surface area (Å²) in [4.78, 5) is 0. The molecule has 3 aromatic rings. The van der Waals surface area contributed by atoms with Crippen molar-refractivity contribution in [1.82, 2.24) is 4.57 Å². The van der Waals surface area contributed by atoms with Crippen LogP contribution in [0.2, 0.25) is 0 Å². The first-order valence-corrected chi connectivity index (χ1v) is 16.9. The van der Waals surface area contributed by atoms with E-state index in [1.165, 1.54) is 71.5 Å². The molecule has 1 saturated carbocycles. The molecule has 1 fully saturated rings. The largest absolute Gasteiger partial charge is 1.00 e. The Morgan fingerprint density at radius 2 is 1.31 bits per heavy atom. The van der Waals surface area contributed by atoms with E-state index in [-0.39, 0.29) is 35.5 Å². The molecular formula is C33H48NNaO3S. The van der Waals surface area contributed by atoms with Crippen molar-refractivity contribution >= 4 is 31.9 Å². The molecule has 2 aromatic carbocycles. The summed E-state index contributed by atoms with van der Waals surface area (Å²) in [5.41, 5.74) is 5.22. The summed E-state index contributed by atoms with van der Waals surface area (Å²) in [7, 11) is -4.35. The van der Waals surface area contributed by atoms with E-state index in [1.807, 2.05) is 0 Å². The van der Waals surface area contributed by atoms with E-state index in [9.17, 15) is 13.0 Å². The van der Waals surface area contributed by atoms with Gasteiger partial charge >= 0.3 is 29.6 Å². The maximum Gasteiger partial charge on any atom is 1.00 e. The molecule has 1 heterocycles. The quantitative estimate of drug-likeness (QED) is 0.131. The third-order valence-electron chi connectivity index (χ3n) is 8.85. The minimum absolute atomic E-state index is 0. The topological polar surface area (TPSA) is 62.1 Å². The molecule has 1 aliphatic rings. The number of rotatable bonds is 15. The summed E-state index contributed by atoms with van der Waals surface area (Å²) in [6.07, 6.45) is 17.2. The zero-order valence-electron chi connectivity index (χ0n) is 24.7. The van der Waals surface area contributed by atoms with Crippen LogP contribution in [0.5, 0.6) is 0 Å². The summed E-state index contributed by atoms with van der Waals surface area (Å²) in [5, 5.41) is 1.74. The first kappa shape index (κ1) is 32.7. The molecule has 0 bridgehead atoms. The average Bonchev–Trinajstić information content (AvgIpc) is 3.24. The number of hydrogen-bond donors (Lipinski definition) is 0. The van der Waals surface area contributed by atoms with Crippen molar-refractivity contribution in [2.45, 2.75) is 128 Å². The molecule has 1 aliphatic carbocycles. The van der Waals surface area contributed by atoms with Gasteiger partial charge in [-0.3, -0.25) is 0 Å². The molecule has 0 spiro atoms. The molecular weight excluding hydrogens is 513 g/mol. The van der Waals surface area contributed by atoms with Crippen molar-refractivity contribution in [3.8, 4) is 0 Å². The predicted molar refractivity (Wildman–Crippen MR) is 160 cm³/mol. The van der Waals surface area contributed by atoms with Crippen molar-refractivity contribution in [3.63, 3.8) is 0 Å². The SMILES string of the molecule is CCCCCCc1cccc2c3cccc(CCCCCC)c3n(CCC(C3CCCCC3)S(=O)(=O)[O-])c12.[Na+]. The molecule has 0 radical (unpaired) electrons. The van der Waals surface area contributed by atoms with Crippen LogP contribution in [0.1, 0.15) is 115 Å². The summed E-state index contributed by atoms with van der Waals surface area (Å²) >= 11 is 0. The third-order valence-corrected chi connectivity index (χ3v) is 10.2. The van der Waals surface area contributed by atoms with E-state index in [0.29, 0.717) is 13.0 Å². The minimum atomic E-state index is -4.35. The van der Waals surface area contributed by atoms with Crippen LogP contribution in [-0.4, -0.2) is 22.8 Å². The normalized spacial score (nSPS) is 15.6. The van der Waals surface area contributed by atoms with Gasteiger partial charge in [0.1, 0.15) is 0 Å². The molecule has 1 atom stereocenters. The van der Waals surface area contributed by atoms with Gasteiger partial charge in [0, 0.05) is 17.3 Å². The van der Waals surface area contributed by atoms with Gasteiger partial charge in [-0.15, -0.1) is 0 Å². The maximum absolute atomic E-state index is 12.5. The van der Waals surface area contributed by atoms with Crippen LogP contribution >= 0.6 is 0 Å². The summed E-state index contributed by atoms with van der Waals surface area (Å²) < 4.78 is 39.9. The molecule has 4 rings (SSSR count). The second kappa shape index (κ2) is 16.0. The van der Waals surface area contributed by atoms with Crippen molar-refractivity contribution < 1.29 is 42.5 Å². The number of benzene rings is 2. The number of para-hydroxylation sites is 2.